The lowest BCUT2D eigenvalue weighted by Crippen LogP contribution is -2.53. The Bertz CT molecular complexity index is 795. The van der Waals surface area contributed by atoms with Crippen LogP contribution in [0.25, 0.3) is 0 Å². The number of piperazine rings is 1. The van der Waals surface area contributed by atoms with E-state index in [0.717, 1.165) is 36.6 Å². The van der Waals surface area contributed by atoms with Crippen LogP contribution in [0.4, 0.5) is 5.95 Å². The van der Waals surface area contributed by atoms with Crippen LogP contribution in [0.5, 0.6) is 5.88 Å². The summed E-state index contributed by atoms with van der Waals surface area (Å²) in [5.74, 6) is 3.35. The molecule has 3 rings (SSSR count). The van der Waals surface area contributed by atoms with Crippen LogP contribution >= 0.6 is 39.9 Å². The van der Waals surface area contributed by atoms with E-state index in [1.54, 1.807) is 20.4 Å². The average Bonchev–Trinajstić information content (AvgIpc) is 3.11. The molecule has 1 saturated heterocycles. The molecule has 1 fully saturated rings. The first-order valence-electron chi connectivity index (χ1n) is 8.67. The van der Waals surface area contributed by atoms with E-state index in [0.29, 0.717) is 36.5 Å². The van der Waals surface area contributed by atoms with E-state index in [4.69, 9.17) is 9.26 Å². The number of halogens is 2. The summed E-state index contributed by atoms with van der Waals surface area (Å²) in [6, 6.07) is 0. The smallest absolute Gasteiger partial charge is 0.232 e. The second-order valence-corrected chi connectivity index (χ2v) is 6.81. The number of anilines is 1. The van der Waals surface area contributed by atoms with Crippen molar-refractivity contribution in [1.29, 1.82) is 0 Å². The van der Waals surface area contributed by atoms with E-state index in [-0.39, 0.29) is 24.0 Å². The molecule has 12 heteroatoms. The van der Waals surface area contributed by atoms with Gasteiger partial charge in [0.25, 0.3) is 0 Å². The lowest BCUT2D eigenvalue weighted by Gasteiger charge is -2.36. The Kier molecular flexibility index (Phi) is 8.66. The van der Waals surface area contributed by atoms with Crippen LogP contribution in [0, 0.1) is 6.92 Å². The van der Waals surface area contributed by atoms with Crippen LogP contribution in [0.2, 0.25) is 0 Å². The van der Waals surface area contributed by atoms with E-state index in [2.05, 4.69) is 56.1 Å². The number of aliphatic imine (C=N–C) groups is 1. The van der Waals surface area contributed by atoms with Crippen LogP contribution < -0.4 is 15.0 Å². The molecule has 1 aliphatic rings. The van der Waals surface area contributed by atoms with Gasteiger partial charge in [-0.1, -0.05) is 5.16 Å². The van der Waals surface area contributed by atoms with Crippen molar-refractivity contribution >= 4 is 51.8 Å². The number of aryl methyl sites for hydroxylation is 1. The second kappa shape index (κ2) is 10.7. The zero-order valence-corrected chi connectivity index (χ0v) is 20.0. The maximum Gasteiger partial charge on any atom is 0.232 e. The quantitative estimate of drug-likeness (QED) is 0.327. The minimum atomic E-state index is 0. The van der Waals surface area contributed by atoms with E-state index in [9.17, 15) is 0 Å². The highest BCUT2D eigenvalue weighted by atomic mass is 127. The molecule has 0 aromatic carbocycles. The molecule has 1 N–H and O–H groups in total. The van der Waals surface area contributed by atoms with Crippen molar-refractivity contribution in [2.24, 2.45) is 4.99 Å². The van der Waals surface area contributed by atoms with Gasteiger partial charge in [-0.3, -0.25) is 4.99 Å². The molecule has 1 aliphatic heterocycles. The first kappa shape index (κ1) is 22.6. The molecular weight excluding hydrogens is 543 g/mol. The minimum absolute atomic E-state index is 0. The molecule has 3 heterocycles. The van der Waals surface area contributed by atoms with Crippen molar-refractivity contribution in [3.63, 3.8) is 0 Å². The third kappa shape index (κ3) is 5.65. The molecule has 0 bridgehead atoms. The zero-order chi connectivity index (χ0) is 19.2. The molecule has 2 aromatic rings. The number of nitrogens with zero attached hydrogens (tertiary/aromatic N) is 7. The predicted octanol–water partition coefficient (Wildman–Crippen LogP) is 1.50. The highest BCUT2D eigenvalue weighted by Crippen LogP contribution is 2.23. The highest BCUT2D eigenvalue weighted by Gasteiger charge is 2.22. The van der Waals surface area contributed by atoms with Crippen molar-refractivity contribution in [2.75, 3.05) is 51.8 Å². The number of ether oxygens (including phenoxy) is 1. The Labute approximate surface area is 189 Å². The summed E-state index contributed by atoms with van der Waals surface area (Å²) < 4.78 is 11.1. The fraction of sp³-hybridized carbons (Fsp3) is 0.562. The van der Waals surface area contributed by atoms with Crippen molar-refractivity contribution < 1.29 is 9.26 Å². The molecule has 2 aromatic heterocycles. The molecule has 0 saturated carbocycles. The Morgan fingerprint density at radius 2 is 2.07 bits per heavy atom. The second-order valence-electron chi connectivity index (χ2n) is 5.96. The summed E-state index contributed by atoms with van der Waals surface area (Å²) in [4.78, 5) is 21.8. The van der Waals surface area contributed by atoms with Crippen molar-refractivity contribution in [3.8, 4) is 5.88 Å². The van der Waals surface area contributed by atoms with Crippen LogP contribution in [0.3, 0.4) is 0 Å². The fourth-order valence-corrected chi connectivity index (χ4v) is 3.16. The standard InChI is InChI=1S/C16H23BrN8O2.HI/c1-11-21-13(27-23-11)4-5-19-15(18-2)24-6-8-25(9-7-24)16-20-10-12(17)14(22-16)26-3;/h10H,4-9H2,1-3H3,(H,18,19);1H. The third-order valence-electron chi connectivity index (χ3n) is 4.16. The number of nitrogens with one attached hydrogen (secondary N) is 1. The van der Waals surface area contributed by atoms with E-state index in [1.807, 2.05) is 6.92 Å². The maximum absolute atomic E-state index is 5.25. The Morgan fingerprint density at radius 3 is 2.68 bits per heavy atom. The lowest BCUT2D eigenvalue weighted by molar-refractivity contribution is 0.360. The molecule has 0 radical (unpaired) electrons. The van der Waals surface area contributed by atoms with Crippen LogP contribution in [-0.4, -0.2) is 77.8 Å². The van der Waals surface area contributed by atoms with Gasteiger partial charge in [0, 0.05) is 46.2 Å². The number of aromatic nitrogens is 4. The monoisotopic (exact) mass is 566 g/mol. The van der Waals surface area contributed by atoms with E-state index in [1.165, 1.54) is 0 Å². The number of guanidine groups is 1. The summed E-state index contributed by atoms with van der Waals surface area (Å²) in [5.41, 5.74) is 0. The van der Waals surface area contributed by atoms with Crippen LogP contribution in [0.15, 0.2) is 20.2 Å². The Morgan fingerprint density at radius 1 is 1.32 bits per heavy atom. The van der Waals surface area contributed by atoms with Gasteiger partial charge in [-0.05, 0) is 22.9 Å². The SMILES string of the molecule is CN=C(NCCc1nc(C)no1)N1CCN(c2ncc(Br)c(OC)n2)CC1.I. The summed E-state index contributed by atoms with van der Waals surface area (Å²) in [6.45, 7) is 5.73. The normalized spacial score (nSPS) is 14.6. The van der Waals surface area contributed by atoms with Gasteiger partial charge in [0.15, 0.2) is 11.8 Å². The Balaban J connectivity index is 0.00000280. The average molecular weight is 567 g/mol. The van der Waals surface area contributed by atoms with Crippen molar-refractivity contribution in [3.05, 3.63) is 22.4 Å². The molecule has 0 atom stereocenters. The number of methoxy groups -OCH3 is 1. The van der Waals surface area contributed by atoms with E-state index < -0.39 is 0 Å². The molecule has 0 amide bonds. The summed E-state index contributed by atoms with van der Waals surface area (Å²) in [7, 11) is 3.38. The van der Waals surface area contributed by atoms with E-state index >= 15 is 0 Å². The highest BCUT2D eigenvalue weighted by molar-refractivity contribution is 14.0. The largest absolute Gasteiger partial charge is 0.480 e. The number of hydrogen-bond donors (Lipinski definition) is 1. The van der Waals surface area contributed by atoms with Gasteiger partial charge in [0.1, 0.15) is 0 Å². The predicted molar refractivity (Wildman–Crippen MR) is 120 cm³/mol. The van der Waals surface area contributed by atoms with Gasteiger partial charge in [0.05, 0.1) is 17.8 Å². The van der Waals surface area contributed by atoms with Gasteiger partial charge < -0.3 is 24.4 Å². The third-order valence-corrected chi connectivity index (χ3v) is 4.70. The molecule has 0 unspecified atom stereocenters. The topological polar surface area (TPSA) is 105 Å². The molecule has 0 aliphatic carbocycles. The Hall–Kier alpha value is -1.70. The van der Waals surface area contributed by atoms with Crippen molar-refractivity contribution in [2.45, 2.75) is 13.3 Å². The van der Waals surface area contributed by atoms with Gasteiger partial charge in [0.2, 0.25) is 17.7 Å². The first-order chi connectivity index (χ1) is 13.1. The van der Waals surface area contributed by atoms with Gasteiger partial charge in [-0.15, -0.1) is 24.0 Å². The van der Waals surface area contributed by atoms with Crippen LogP contribution in [-0.2, 0) is 6.42 Å². The minimum Gasteiger partial charge on any atom is -0.480 e. The molecule has 10 nitrogen and oxygen atoms in total. The number of hydrogen-bond acceptors (Lipinski definition) is 8. The molecule has 0 spiro atoms. The maximum atomic E-state index is 5.25. The lowest BCUT2D eigenvalue weighted by atomic mass is 10.3. The van der Waals surface area contributed by atoms with Gasteiger partial charge in [-0.2, -0.15) is 9.97 Å². The summed E-state index contributed by atoms with van der Waals surface area (Å²) in [5, 5.41) is 7.14. The molecular formula is C16H24BrIN8O2. The van der Waals surface area contributed by atoms with Crippen LogP contribution in [0.1, 0.15) is 11.7 Å². The molecule has 154 valence electrons. The summed E-state index contributed by atoms with van der Waals surface area (Å²) >= 11 is 3.38. The van der Waals surface area contributed by atoms with Crippen molar-refractivity contribution in [1.82, 2.24) is 30.3 Å². The fourth-order valence-electron chi connectivity index (χ4n) is 2.81. The van der Waals surface area contributed by atoms with Gasteiger partial charge in [-0.25, -0.2) is 4.98 Å². The summed E-state index contributed by atoms with van der Waals surface area (Å²) in [6.07, 6.45) is 2.37. The number of rotatable bonds is 5. The zero-order valence-electron chi connectivity index (χ0n) is 16.1. The molecule has 28 heavy (non-hydrogen) atoms. The first-order valence-corrected chi connectivity index (χ1v) is 9.46. The van der Waals surface area contributed by atoms with Gasteiger partial charge >= 0.3 is 0 Å².